The van der Waals surface area contributed by atoms with Crippen molar-refractivity contribution in [3.05, 3.63) is 40.6 Å². The van der Waals surface area contributed by atoms with Gasteiger partial charge in [0.25, 0.3) is 5.56 Å². The predicted octanol–water partition coefficient (Wildman–Crippen LogP) is 4.50. The molecule has 230 valence electrons. The van der Waals surface area contributed by atoms with Gasteiger partial charge in [0.1, 0.15) is 23.2 Å². The smallest absolute Gasteiger partial charge is 0.351 e. The first-order valence-electron chi connectivity index (χ1n) is 13.3. The molecule has 2 heterocycles. The molecule has 3 aromatic rings. The average Bonchev–Trinajstić information content (AvgIpc) is 2.87. The molecule has 1 saturated carbocycles. The van der Waals surface area contributed by atoms with Gasteiger partial charge in [0, 0.05) is 30.1 Å². The van der Waals surface area contributed by atoms with Crippen LogP contribution in [0.1, 0.15) is 45.6 Å². The van der Waals surface area contributed by atoms with Crippen molar-refractivity contribution >= 4 is 32.8 Å². The van der Waals surface area contributed by atoms with Gasteiger partial charge < -0.3 is 10.2 Å². The zero-order valence-corrected chi connectivity index (χ0v) is 24.2. The van der Waals surface area contributed by atoms with E-state index in [2.05, 4.69) is 20.3 Å². The van der Waals surface area contributed by atoms with Gasteiger partial charge in [-0.05, 0) is 52.9 Å². The number of hydrogen-bond acceptors (Lipinski definition) is 8. The molecule has 1 fully saturated rings. The van der Waals surface area contributed by atoms with Crippen LogP contribution >= 0.6 is 0 Å². The highest BCUT2D eigenvalue weighted by atomic mass is 32.2. The second kappa shape index (κ2) is 12.1. The zero-order chi connectivity index (χ0) is 31.0. The number of benzene rings is 1. The van der Waals surface area contributed by atoms with Gasteiger partial charge in [-0.2, -0.15) is 18.2 Å². The molecular weight excluding hydrogens is 585 g/mol. The minimum atomic E-state index is -4.70. The van der Waals surface area contributed by atoms with Crippen molar-refractivity contribution in [3.63, 3.8) is 0 Å². The third-order valence-electron chi connectivity index (χ3n) is 7.05. The van der Waals surface area contributed by atoms with Crippen LogP contribution < -0.4 is 15.6 Å². The van der Waals surface area contributed by atoms with Crippen LogP contribution in [0, 0.1) is 5.82 Å². The summed E-state index contributed by atoms with van der Waals surface area (Å²) in [5.41, 5.74) is -0.880. The first-order valence-corrected chi connectivity index (χ1v) is 14.9. The number of nitrogens with zero attached hydrogens (tertiary/aromatic N) is 5. The maximum Gasteiger partial charge on any atom is 0.390 e. The van der Waals surface area contributed by atoms with Crippen LogP contribution in [-0.2, 0) is 10.0 Å². The number of hydrogen-bond donors (Lipinski definition) is 2. The van der Waals surface area contributed by atoms with E-state index in [0.29, 0.717) is 12.8 Å². The summed E-state index contributed by atoms with van der Waals surface area (Å²) in [6.07, 6.45) is -4.27. The Morgan fingerprint density at radius 2 is 1.88 bits per heavy atom. The average molecular weight is 618 g/mol. The Morgan fingerprint density at radius 1 is 1.17 bits per heavy atom. The van der Waals surface area contributed by atoms with E-state index in [0.717, 1.165) is 12.1 Å². The molecule has 0 aliphatic heterocycles. The fourth-order valence-corrected chi connectivity index (χ4v) is 6.05. The molecule has 10 nitrogen and oxygen atoms in total. The van der Waals surface area contributed by atoms with Crippen LogP contribution in [-0.4, -0.2) is 77.1 Å². The van der Waals surface area contributed by atoms with Crippen molar-refractivity contribution in [1.29, 1.82) is 0 Å². The van der Waals surface area contributed by atoms with E-state index in [1.165, 1.54) is 16.8 Å². The number of fused-ring (bicyclic) bond motifs is 1. The van der Waals surface area contributed by atoms with Gasteiger partial charge in [-0.15, -0.1) is 0 Å². The first kappa shape index (κ1) is 31.5. The van der Waals surface area contributed by atoms with E-state index >= 15 is 0 Å². The van der Waals surface area contributed by atoms with Crippen LogP contribution in [0.2, 0.25) is 0 Å². The van der Waals surface area contributed by atoms with Crippen molar-refractivity contribution in [2.75, 3.05) is 29.9 Å². The molecule has 3 atom stereocenters. The number of aromatic nitrogens is 4. The monoisotopic (exact) mass is 617 g/mol. The topological polar surface area (TPSA) is 122 Å². The maximum absolute atomic E-state index is 14.9. The molecule has 1 aromatic carbocycles. The molecule has 1 aliphatic carbocycles. The Kier molecular flexibility index (Phi) is 9.06. The van der Waals surface area contributed by atoms with Crippen LogP contribution in [0.25, 0.3) is 22.4 Å². The van der Waals surface area contributed by atoms with Gasteiger partial charge in [0.15, 0.2) is 5.65 Å². The molecular formula is C26H32F5N7O3S. The van der Waals surface area contributed by atoms with Gasteiger partial charge >= 0.3 is 6.18 Å². The summed E-state index contributed by atoms with van der Waals surface area (Å²) < 4.78 is 94.0. The third-order valence-corrected chi connectivity index (χ3v) is 8.32. The SMILES string of the molecule is CC(C)n1c(=O)c(-c2ccc(NS(=O)(=O)CCC(F)(F)F)c(F)c2)nc2cnc(N[C@@H]3CC[C@@H](N(C)C)[C@H](F)C3)nc21. The van der Waals surface area contributed by atoms with Crippen molar-refractivity contribution in [2.45, 2.75) is 70.0 Å². The van der Waals surface area contributed by atoms with Gasteiger partial charge in [-0.25, -0.2) is 27.2 Å². The van der Waals surface area contributed by atoms with Gasteiger partial charge in [0.05, 0.1) is 24.1 Å². The van der Waals surface area contributed by atoms with Crippen molar-refractivity contribution in [2.24, 2.45) is 0 Å². The molecule has 0 amide bonds. The maximum atomic E-state index is 14.9. The molecule has 2 aromatic heterocycles. The highest BCUT2D eigenvalue weighted by Crippen LogP contribution is 2.28. The fraction of sp³-hybridized carbons (Fsp3) is 0.538. The highest BCUT2D eigenvalue weighted by molar-refractivity contribution is 7.92. The molecule has 1 aliphatic rings. The highest BCUT2D eigenvalue weighted by Gasteiger charge is 2.32. The van der Waals surface area contributed by atoms with E-state index in [9.17, 15) is 35.2 Å². The molecule has 0 spiro atoms. The molecule has 0 saturated heterocycles. The normalized spacial score (nSPS) is 19.9. The summed E-state index contributed by atoms with van der Waals surface area (Å²) in [6.45, 7) is 3.49. The van der Waals surface area contributed by atoms with Crippen LogP contribution in [0.3, 0.4) is 0 Å². The fourth-order valence-electron chi connectivity index (χ4n) is 4.95. The molecule has 0 radical (unpaired) electrons. The van der Waals surface area contributed by atoms with Gasteiger partial charge in [-0.1, -0.05) is 6.07 Å². The lowest BCUT2D eigenvalue weighted by Crippen LogP contribution is -2.44. The number of alkyl halides is 4. The lowest BCUT2D eigenvalue weighted by Gasteiger charge is -2.35. The summed E-state index contributed by atoms with van der Waals surface area (Å²) in [5, 5.41) is 3.15. The lowest BCUT2D eigenvalue weighted by atomic mass is 9.89. The summed E-state index contributed by atoms with van der Waals surface area (Å²) in [5.74, 6) is -2.17. The lowest BCUT2D eigenvalue weighted by molar-refractivity contribution is -0.129. The number of rotatable bonds is 9. The van der Waals surface area contributed by atoms with Crippen molar-refractivity contribution in [1.82, 2.24) is 24.4 Å². The van der Waals surface area contributed by atoms with Gasteiger partial charge in [0.2, 0.25) is 16.0 Å². The number of sulfonamides is 1. The van der Waals surface area contributed by atoms with Gasteiger partial charge in [-0.3, -0.25) is 14.1 Å². The Labute approximate surface area is 239 Å². The second-order valence-electron chi connectivity index (χ2n) is 10.8. The minimum absolute atomic E-state index is 0.0147. The molecule has 2 N–H and O–H groups in total. The Morgan fingerprint density at radius 3 is 2.48 bits per heavy atom. The zero-order valence-electron chi connectivity index (χ0n) is 23.4. The molecule has 16 heteroatoms. The van der Waals surface area contributed by atoms with E-state index < -0.39 is 57.7 Å². The molecule has 4 rings (SSSR count). The van der Waals surface area contributed by atoms with Crippen molar-refractivity contribution in [3.8, 4) is 11.3 Å². The quantitative estimate of drug-likeness (QED) is 0.337. The van der Waals surface area contributed by atoms with Crippen LogP contribution in [0.15, 0.2) is 29.2 Å². The number of nitrogens with one attached hydrogen (secondary N) is 2. The summed E-state index contributed by atoms with van der Waals surface area (Å²) in [4.78, 5) is 28.5. The van der Waals surface area contributed by atoms with E-state index in [-0.39, 0.29) is 46.9 Å². The predicted molar refractivity (Wildman–Crippen MR) is 149 cm³/mol. The molecule has 42 heavy (non-hydrogen) atoms. The summed E-state index contributed by atoms with van der Waals surface area (Å²) >= 11 is 0. The second-order valence-corrected chi connectivity index (χ2v) is 12.7. The van der Waals surface area contributed by atoms with Crippen molar-refractivity contribution < 1.29 is 30.4 Å². The minimum Gasteiger partial charge on any atom is -0.351 e. The molecule has 0 unspecified atom stereocenters. The van der Waals surface area contributed by atoms with E-state index in [1.807, 2.05) is 19.0 Å². The summed E-state index contributed by atoms with van der Waals surface area (Å²) in [7, 11) is -0.796. The Hall–Kier alpha value is -3.40. The largest absolute Gasteiger partial charge is 0.390 e. The first-order chi connectivity index (χ1) is 19.5. The molecule has 0 bridgehead atoms. The van der Waals surface area contributed by atoms with Crippen LogP contribution in [0.5, 0.6) is 0 Å². The van der Waals surface area contributed by atoms with E-state index in [1.54, 1.807) is 18.6 Å². The number of halogens is 5. The Balaban J connectivity index is 1.62. The van der Waals surface area contributed by atoms with E-state index in [4.69, 9.17) is 0 Å². The number of anilines is 2. The standard InChI is InChI=1S/C26H32F5N7O3S/c1-14(2)38-23-20(13-32-25(35-23)33-16-6-8-21(37(3)4)18(28)12-16)34-22(24(38)39)15-5-7-19(17(27)11-15)36-42(40,41)10-9-26(29,30)31/h5,7,11,13-14,16,18,21,36H,6,8-10,12H2,1-4H3,(H,32,33,35)/t16-,18-,21-/m1/s1. The summed E-state index contributed by atoms with van der Waals surface area (Å²) in [6, 6.07) is 2.35. The van der Waals surface area contributed by atoms with Crippen LogP contribution in [0.4, 0.5) is 33.6 Å². The third kappa shape index (κ3) is 7.32. The Bertz CT molecular complexity index is 1610.